The number of aromatic nitrogens is 2. The molecule has 0 saturated carbocycles. The topological polar surface area (TPSA) is 145 Å². The highest BCUT2D eigenvalue weighted by atomic mass is 32.2. The second-order valence-corrected chi connectivity index (χ2v) is 10.6. The van der Waals surface area contributed by atoms with Gasteiger partial charge in [-0.25, -0.2) is 17.5 Å². The lowest BCUT2D eigenvalue weighted by atomic mass is 10.2. The molecule has 0 aliphatic carbocycles. The zero-order chi connectivity index (χ0) is 28.2. The fourth-order valence-electron chi connectivity index (χ4n) is 3.41. The number of sulfonamides is 1. The van der Waals surface area contributed by atoms with Crippen molar-refractivity contribution in [3.63, 3.8) is 0 Å². The molecular formula is C25H30FN5O6S. The zero-order valence-electron chi connectivity index (χ0n) is 21.7. The maximum absolute atomic E-state index is 14.1. The lowest BCUT2D eigenvalue weighted by Gasteiger charge is -2.16. The van der Waals surface area contributed by atoms with Crippen LogP contribution in [0.4, 0.5) is 10.1 Å². The number of nitrogens with one attached hydrogen (secondary N) is 2. The monoisotopic (exact) mass is 547 g/mol. The number of nitrogens with zero attached hydrogens (tertiary/aromatic N) is 3. The lowest BCUT2D eigenvalue weighted by molar-refractivity contribution is -0.385. The van der Waals surface area contributed by atoms with Crippen LogP contribution in [0.15, 0.2) is 47.4 Å². The van der Waals surface area contributed by atoms with Crippen LogP contribution in [0.25, 0.3) is 5.69 Å². The molecule has 0 saturated heterocycles. The molecule has 204 valence electrons. The lowest BCUT2D eigenvalue weighted by Crippen LogP contribution is -2.32. The SMILES string of the molecule is CC[C@@H](C)NC(=O)c1nn(-c2cccc(F)c2)c(Oc2ccc([N+](=O)[O-])cc2S(=O)(=O)N[C@@H](C)CC)c1C. The maximum atomic E-state index is 14.1. The minimum absolute atomic E-state index is 0.00592. The van der Waals surface area contributed by atoms with Crippen molar-refractivity contribution in [2.24, 2.45) is 0 Å². The molecule has 2 atom stereocenters. The summed E-state index contributed by atoms with van der Waals surface area (Å²) in [5.74, 6) is -1.35. The first-order chi connectivity index (χ1) is 17.9. The van der Waals surface area contributed by atoms with E-state index in [2.05, 4.69) is 15.1 Å². The van der Waals surface area contributed by atoms with Crippen LogP contribution in [-0.4, -0.2) is 41.1 Å². The maximum Gasteiger partial charge on any atom is 0.272 e. The van der Waals surface area contributed by atoms with Crippen molar-refractivity contribution in [3.05, 3.63) is 69.7 Å². The van der Waals surface area contributed by atoms with Gasteiger partial charge in [0.15, 0.2) is 5.69 Å². The summed E-state index contributed by atoms with van der Waals surface area (Å²) >= 11 is 0. The van der Waals surface area contributed by atoms with Crippen molar-refractivity contribution in [3.8, 4) is 17.3 Å². The van der Waals surface area contributed by atoms with Gasteiger partial charge < -0.3 is 10.1 Å². The van der Waals surface area contributed by atoms with Gasteiger partial charge in [0.05, 0.1) is 10.6 Å². The van der Waals surface area contributed by atoms with Gasteiger partial charge in [0.25, 0.3) is 11.6 Å². The normalized spacial score (nSPS) is 13.1. The van der Waals surface area contributed by atoms with Crippen LogP contribution in [0.2, 0.25) is 0 Å². The van der Waals surface area contributed by atoms with Crippen LogP contribution < -0.4 is 14.8 Å². The Morgan fingerprint density at radius 3 is 2.45 bits per heavy atom. The number of rotatable bonds is 11. The van der Waals surface area contributed by atoms with Crippen LogP contribution in [-0.2, 0) is 10.0 Å². The third kappa shape index (κ3) is 6.34. The number of hydrogen-bond acceptors (Lipinski definition) is 7. The van der Waals surface area contributed by atoms with Crippen LogP contribution in [0, 0.1) is 22.9 Å². The molecule has 2 aromatic carbocycles. The standard InChI is InChI=1S/C25H30FN5O6S/c1-6-15(3)27-24(32)23-17(5)25(30(28-23)19-10-8-9-18(26)13-19)37-21-12-11-20(31(33)34)14-22(21)38(35,36)29-16(4)7-2/h8-16,29H,6-7H2,1-5H3,(H,27,32)/t15-,16+/m1/s1. The predicted molar refractivity (Wildman–Crippen MR) is 139 cm³/mol. The number of benzene rings is 2. The van der Waals surface area contributed by atoms with Crippen molar-refractivity contribution in [2.75, 3.05) is 0 Å². The van der Waals surface area contributed by atoms with Crippen molar-refractivity contribution in [2.45, 2.75) is 64.4 Å². The van der Waals surface area contributed by atoms with Crippen LogP contribution >= 0.6 is 0 Å². The Labute approximate surface area is 220 Å². The molecule has 11 nitrogen and oxygen atoms in total. The fraction of sp³-hybridized carbons (Fsp3) is 0.360. The Kier molecular flexibility index (Phi) is 8.84. The Bertz CT molecular complexity index is 1460. The van der Waals surface area contributed by atoms with Crippen molar-refractivity contribution in [1.29, 1.82) is 0 Å². The summed E-state index contributed by atoms with van der Waals surface area (Å²) in [7, 11) is -4.25. The Morgan fingerprint density at radius 2 is 1.84 bits per heavy atom. The van der Waals surface area contributed by atoms with Gasteiger partial charge in [-0.15, -0.1) is 0 Å². The average Bonchev–Trinajstić information content (AvgIpc) is 3.19. The minimum Gasteiger partial charge on any atom is -0.437 e. The van der Waals surface area contributed by atoms with Crippen molar-refractivity contribution >= 4 is 21.6 Å². The van der Waals surface area contributed by atoms with E-state index in [0.29, 0.717) is 12.8 Å². The fourth-order valence-corrected chi connectivity index (χ4v) is 4.89. The molecule has 38 heavy (non-hydrogen) atoms. The molecule has 1 aromatic heterocycles. The van der Waals surface area contributed by atoms with E-state index in [1.54, 1.807) is 20.8 Å². The van der Waals surface area contributed by atoms with Gasteiger partial charge in [-0.2, -0.15) is 9.78 Å². The Balaban J connectivity index is 2.20. The van der Waals surface area contributed by atoms with Gasteiger partial charge in [0.2, 0.25) is 15.9 Å². The molecule has 3 rings (SSSR count). The number of ether oxygens (including phenoxy) is 1. The molecule has 1 amide bonds. The minimum atomic E-state index is -4.25. The summed E-state index contributed by atoms with van der Waals surface area (Å²) < 4.78 is 50.1. The quantitative estimate of drug-likeness (QED) is 0.263. The first kappa shape index (κ1) is 28.7. The highest BCUT2D eigenvalue weighted by molar-refractivity contribution is 7.89. The first-order valence-corrected chi connectivity index (χ1v) is 13.5. The molecule has 0 fully saturated rings. The second-order valence-electron chi connectivity index (χ2n) is 8.87. The summed E-state index contributed by atoms with van der Waals surface area (Å²) in [4.78, 5) is 23.2. The van der Waals surface area contributed by atoms with Gasteiger partial charge in [0.1, 0.15) is 16.5 Å². The molecule has 1 heterocycles. The summed E-state index contributed by atoms with van der Waals surface area (Å²) in [6, 6.07) is 7.95. The van der Waals surface area contributed by atoms with Gasteiger partial charge in [-0.05, 0) is 57.9 Å². The molecule has 0 spiro atoms. The Morgan fingerprint density at radius 1 is 1.16 bits per heavy atom. The summed E-state index contributed by atoms with van der Waals surface area (Å²) in [5, 5.41) is 18.6. The largest absolute Gasteiger partial charge is 0.437 e. The van der Waals surface area contributed by atoms with Crippen LogP contribution in [0.3, 0.4) is 0 Å². The molecule has 3 aromatic rings. The molecule has 0 radical (unpaired) electrons. The molecule has 13 heteroatoms. The van der Waals surface area contributed by atoms with Gasteiger partial charge >= 0.3 is 0 Å². The van der Waals surface area contributed by atoms with Gasteiger partial charge in [-0.3, -0.25) is 14.9 Å². The van der Waals surface area contributed by atoms with Crippen molar-refractivity contribution in [1.82, 2.24) is 19.8 Å². The number of carbonyl (C=O) groups excluding carboxylic acids is 1. The van der Waals surface area contributed by atoms with Gasteiger partial charge in [-0.1, -0.05) is 19.9 Å². The molecule has 0 aliphatic rings. The van der Waals surface area contributed by atoms with E-state index in [-0.39, 0.29) is 34.6 Å². The number of halogens is 1. The van der Waals surface area contributed by atoms with E-state index < -0.39 is 43.3 Å². The van der Waals surface area contributed by atoms with E-state index in [9.17, 15) is 27.7 Å². The summed E-state index contributed by atoms with van der Waals surface area (Å²) in [5.41, 5.74) is 0.0147. The smallest absolute Gasteiger partial charge is 0.272 e. The third-order valence-corrected chi connectivity index (χ3v) is 7.54. The van der Waals surface area contributed by atoms with Crippen LogP contribution in [0.1, 0.15) is 56.6 Å². The third-order valence-electron chi connectivity index (χ3n) is 5.93. The number of carbonyl (C=O) groups is 1. The first-order valence-electron chi connectivity index (χ1n) is 12.0. The van der Waals surface area contributed by atoms with E-state index in [1.165, 1.54) is 28.9 Å². The second kappa shape index (κ2) is 11.7. The predicted octanol–water partition coefficient (Wildman–Crippen LogP) is 4.63. The number of nitro groups is 1. The number of hydrogen-bond donors (Lipinski definition) is 2. The van der Waals surface area contributed by atoms with E-state index in [1.807, 2.05) is 13.8 Å². The highest BCUT2D eigenvalue weighted by Gasteiger charge is 2.29. The van der Waals surface area contributed by atoms with Crippen molar-refractivity contribution < 1.29 is 27.3 Å². The van der Waals surface area contributed by atoms with E-state index in [0.717, 1.165) is 18.2 Å². The number of non-ortho nitro benzene ring substituents is 1. The van der Waals surface area contributed by atoms with E-state index in [4.69, 9.17) is 4.74 Å². The summed E-state index contributed by atoms with van der Waals surface area (Å²) in [6.07, 6.45) is 1.15. The van der Waals surface area contributed by atoms with Gasteiger partial charge in [0, 0.05) is 29.8 Å². The molecule has 0 aliphatic heterocycles. The Hall–Kier alpha value is -3.84. The molecule has 2 N–H and O–H groups in total. The average molecular weight is 548 g/mol. The van der Waals surface area contributed by atoms with Crippen LogP contribution in [0.5, 0.6) is 11.6 Å². The highest BCUT2D eigenvalue weighted by Crippen LogP contribution is 2.36. The number of nitro benzene ring substituents is 1. The molecular weight excluding hydrogens is 517 g/mol. The number of amides is 1. The molecule has 0 bridgehead atoms. The summed E-state index contributed by atoms with van der Waals surface area (Å²) in [6.45, 7) is 8.72. The zero-order valence-corrected chi connectivity index (χ0v) is 22.5. The van der Waals surface area contributed by atoms with E-state index >= 15 is 0 Å². The molecule has 0 unspecified atom stereocenters.